The van der Waals surface area contributed by atoms with E-state index in [-0.39, 0.29) is 10.8 Å². The van der Waals surface area contributed by atoms with E-state index in [9.17, 15) is 0 Å². The Hall–Kier alpha value is -2.62. The van der Waals surface area contributed by atoms with Crippen molar-refractivity contribution in [2.45, 2.75) is 51.4 Å². The van der Waals surface area contributed by atoms with E-state index in [2.05, 4.69) is 89.2 Å². The molecule has 0 aliphatic heterocycles. The molecule has 0 aliphatic rings. The van der Waals surface area contributed by atoms with Crippen molar-refractivity contribution in [3.8, 4) is 0 Å². The monoisotopic (exact) mass is 346 g/mol. The lowest BCUT2D eigenvalue weighted by molar-refractivity contribution is 0.360. The van der Waals surface area contributed by atoms with Crippen molar-refractivity contribution in [1.82, 2.24) is 18.8 Å². The Morgan fingerprint density at radius 3 is 2.19 bits per heavy atom. The molecular formula is C22H26N4. The number of hydrogen-bond donors (Lipinski definition) is 0. The average molecular weight is 346 g/mol. The van der Waals surface area contributed by atoms with Gasteiger partial charge in [-0.15, -0.1) is 0 Å². The maximum absolute atomic E-state index is 4.57. The normalized spacial score (nSPS) is 12.9. The lowest BCUT2D eigenvalue weighted by Gasteiger charge is -2.32. The fourth-order valence-electron chi connectivity index (χ4n) is 3.81. The van der Waals surface area contributed by atoms with Crippen molar-refractivity contribution < 1.29 is 0 Å². The third-order valence-corrected chi connectivity index (χ3v) is 5.61. The predicted molar refractivity (Wildman–Crippen MR) is 106 cm³/mol. The molecule has 4 heteroatoms. The number of nitrogens with zero attached hydrogens (tertiary/aromatic N) is 4. The van der Waals surface area contributed by atoms with Gasteiger partial charge in [-0.25, -0.2) is 9.97 Å². The third-order valence-electron chi connectivity index (χ3n) is 5.61. The number of pyridine rings is 2. The minimum Gasteiger partial charge on any atom is -0.304 e. The summed E-state index contributed by atoms with van der Waals surface area (Å²) in [5.74, 6) is 0. The second kappa shape index (κ2) is 5.97. The van der Waals surface area contributed by atoms with Crippen molar-refractivity contribution in [2.24, 2.45) is 0 Å². The molecule has 0 atom stereocenters. The van der Waals surface area contributed by atoms with Crippen LogP contribution >= 0.6 is 0 Å². The zero-order chi connectivity index (χ0) is 18.4. The molecule has 134 valence electrons. The van der Waals surface area contributed by atoms with E-state index in [1.54, 1.807) is 0 Å². The molecule has 0 spiro atoms. The molecular weight excluding hydrogens is 320 g/mol. The second-order valence-corrected chi connectivity index (χ2v) is 8.41. The maximum Gasteiger partial charge on any atom is 0.136 e. The van der Waals surface area contributed by atoms with Gasteiger partial charge < -0.3 is 8.80 Å². The number of aromatic nitrogens is 4. The molecule has 0 saturated heterocycles. The smallest absolute Gasteiger partial charge is 0.136 e. The van der Waals surface area contributed by atoms with Gasteiger partial charge in [-0.1, -0.05) is 39.8 Å². The van der Waals surface area contributed by atoms with Crippen LogP contribution in [-0.2, 0) is 10.8 Å². The van der Waals surface area contributed by atoms with Gasteiger partial charge in [0.2, 0.25) is 0 Å². The van der Waals surface area contributed by atoms with Gasteiger partial charge in [0.1, 0.15) is 11.3 Å². The minimum absolute atomic E-state index is 0.0425. The summed E-state index contributed by atoms with van der Waals surface area (Å²) in [6, 6.07) is 12.5. The Morgan fingerprint density at radius 1 is 0.731 bits per heavy atom. The van der Waals surface area contributed by atoms with Crippen LogP contribution in [0.15, 0.2) is 61.2 Å². The van der Waals surface area contributed by atoms with Crippen molar-refractivity contribution in [3.63, 3.8) is 0 Å². The van der Waals surface area contributed by atoms with Crippen molar-refractivity contribution >= 4 is 11.3 Å². The largest absolute Gasteiger partial charge is 0.304 e. The van der Waals surface area contributed by atoms with Crippen molar-refractivity contribution in [2.75, 3.05) is 0 Å². The van der Waals surface area contributed by atoms with E-state index in [1.807, 2.05) is 18.5 Å². The highest BCUT2D eigenvalue weighted by Crippen LogP contribution is 2.36. The first-order valence-corrected chi connectivity index (χ1v) is 9.24. The first kappa shape index (κ1) is 16.8. The van der Waals surface area contributed by atoms with Crippen LogP contribution in [0.2, 0.25) is 0 Å². The highest BCUT2D eigenvalue weighted by atomic mass is 15.0. The molecule has 4 heterocycles. The molecule has 4 nitrogen and oxygen atoms in total. The summed E-state index contributed by atoms with van der Waals surface area (Å²) >= 11 is 0. The van der Waals surface area contributed by atoms with Crippen LogP contribution in [0, 0.1) is 0 Å². The molecule has 0 bridgehead atoms. The van der Waals surface area contributed by atoms with Gasteiger partial charge in [-0.2, -0.15) is 0 Å². The van der Waals surface area contributed by atoms with Crippen molar-refractivity contribution in [3.05, 3.63) is 72.6 Å². The Kier molecular flexibility index (Phi) is 3.87. The van der Waals surface area contributed by atoms with Crippen LogP contribution in [0.3, 0.4) is 0 Å². The van der Waals surface area contributed by atoms with Crippen LogP contribution in [0.5, 0.6) is 0 Å². The van der Waals surface area contributed by atoms with E-state index < -0.39 is 0 Å². The molecule has 0 aromatic carbocycles. The van der Waals surface area contributed by atoms with Gasteiger partial charge in [0.05, 0.1) is 0 Å². The standard InChI is InChI=1S/C22H26N4/c1-21(2,17-8-7-10-19-23-13-15-26(17)19)11-12-22(3,4)18-16-24-20-9-5-6-14-25(18)20/h5-10,13-16H,11-12H2,1-4H3. The molecule has 0 radical (unpaired) electrons. The number of fused-ring (bicyclic) bond motifs is 2. The van der Waals surface area contributed by atoms with E-state index in [0.29, 0.717) is 0 Å². The van der Waals surface area contributed by atoms with Crippen LogP contribution in [0.25, 0.3) is 11.3 Å². The van der Waals surface area contributed by atoms with Gasteiger partial charge in [-0.05, 0) is 37.1 Å². The van der Waals surface area contributed by atoms with E-state index in [0.717, 1.165) is 24.1 Å². The molecule has 26 heavy (non-hydrogen) atoms. The zero-order valence-corrected chi connectivity index (χ0v) is 16.0. The third kappa shape index (κ3) is 2.79. The molecule has 4 rings (SSSR count). The van der Waals surface area contributed by atoms with Crippen LogP contribution < -0.4 is 0 Å². The summed E-state index contributed by atoms with van der Waals surface area (Å²) in [4.78, 5) is 9.00. The summed E-state index contributed by atoms with van der Waals surface area (Å²) < 4.78 is 4.42. The van der Waals surface area contributed by atoms with Gasteiger partial charge >= 0.3 is 0 Å². The van der Waals surface area contributed by atoms with Crippen LogP contribution in [0.4, 0.5) is 0 Å². The summed E-state index contributed by atoms with van der Waals surface area (Å²) in [6.07, 6.45) is 10.2. The van der Waals surface area contributed by atoms with Gasteiger partial charge in [0.15, 0.2) is 0 Å². The van der Waals surface area contributed by atoms with E-state index >= 15 is 0 Å². The Bertz CT molecular complexity index is 1050. The second-order valence-electron chi connectivity index (χ2n) is 8.41. The summed E-state index contributed by atoms with van der Waals surface area (Å²) in [6.45, 7) is 9.29. The van der Waals surface area contributed by atoms with Crippen LogP contribution in [0.1, 0.15) is 51.9 Å². The number of hydrogen-bond acceptors (Lipinski definition) is 2. The molecule has 4 aromatic heterocycles. The molecule has 0 aliphatic carbocycles. The average Bonchev–Trinajstić information content (AvgIpc) is 3.26. The SMILES string of the molecule is CC(C)(CCC(C)(C)c1cnc2ccccn12)c1cccc2nccn12. The molecule has 0 N–H and O–H groups in total. The lowest BCUT2D eigenvalue weighted by Crippen LogP contribution is -2.27. The van der Waals surface area contributed by atoms with Gasteiger partial charge in [0.25, 0.3) is 0 Å². The van der Waals surface area contributed by atoms with Crippen molar-refractivity contribution in [1.29, 1.82) is 0 Å². The molecule has 0 fully saturated rings. The fourth-order valence-corrected chi connectivity index (χ4v) is 3.81. The minimum atomic E-state index is 0.0425. The summed E-state index contributed by atoms with van der Waals surface area (Å²) in [5.41, 5.74) is 4.69. The van der Waals surface area contributed by atoms with E-state index in [1.165, 1.54) is 11.4 Å². The molecule has 0 unspecified atom stereocenters. The summed E-state index contributed by atoms with van der Waals surface area (Å²) in [7, 11) is 0. The maximum atomic E-state index is 4.57. The first-order valence-electron chi connectivity index (χ1n) is 9.24. The Morgan fingerprint density at radius 2 is 1.38 bits per heavy atom. The van der Waals surface area contributed by atoms with Gasteiger partial charge in [-0.3, -0.25) is 0 Å². The predicted octanol–water partition coefficient (Wildman–Crippen LogP) is 5.02. The zero-order valence-electron chi connectivity index (χ0n) is 16.0. The van der Waals surface area contributed by atoms with E-state index in [4.69, 9.17) is 0 Å². The highest BCUT2D eigenvalue weighted by molar-refractivity contribution is 5.42. The quantitative estimate of drug-likeness (QED) is 0.509. The molecule has 0 saturated carbocycles. The number of rotatable bonds is 5. The molecule has 4 aromatic rings. The lowest BCUT2D eigenvalue weighted by atomic mass is 9.75. The molecule has 0 amide bonds. The van der Waals surface area contributed by atoms with Crippen LogP contribution in [-0.4, -0.2) is 18.8 Å². The Labute approximate surface area is 154 Å². The highest BCUT2D eigenvalue weighted by Gasteiger charge is 2.30. The van der Waals surface area contributed by atoms with Gasteiger partial charge in [0, 0.05) is 47.0 Å². The first-order chi connectivity index (χ1) is 12.4. The Balaban J connectivity index is 1.62. The number of imidazole rings is 2. The topological polar surface area (TPSA) is 34.6 Å². The summed E-state index contributed by atoms with van der Waals surface area (Å²) in [5, 5.41) is 0. The fraction of sp³-hybridized carbons (Fsp3) is 0.364.